The Labute approximate surface area is 177 Å². The number of hydrogen-bond donors (Lipinski definition) is 3. The van der Waals surface area contributed by atoms with Gasteiger partial charge in [-0.3, -0.25) is 4.79 Å². The number of alkyl carbamates (subject to hydrolysis) is 1. The first-order valence-electron chi connectivity index (χ1n) is 9.57. The number of aliphatic hydroxyl groups excluding tert-OH is 2. The highest BCUT2D eigenvalue weighted by atomic mass is 32.1. The van der Waals surface area contributed by atoms with Crippen LogP contribution in [-0.2, 0) is 4.74 Å². The normalized spacial score (nSPS) is 14.5. The third-order valence-electron chi connectivity index (χ3n) is 5.32. The Morgan fingerprint density at radius 3 is 2.33 bits per heavy atom. The molecule has 2 atom stereocenters. The number of benzene rings is 2. The maximum Gasteiger partial charge on any atom is 0.407 e. The molecule has 2 aromatic carbocycles. The van der Waals surface area contributed by atoms with E-state index < -0.39 is 18.3 Å². The van der Waals surface area contributed by atoms with Crippen LogP contribution in [0.3, 0.4) is 0 Å². The predicted octanol–water partition coefficient (Wildman–Crippen LogP) is 3.49. The minimum absolute atomic E-state index is 0.0559. The number of thiophene rings is 1. The third-order valence-corrected chi connectivity index (χ3v) is 6.17. The van der Waals surface area contributed by atoms with Crippen molar-refractivity contribution in [1.82, 2.24) is 5.32 Å². The SMILES string of the molecule is O=Cc1sccc1C(O)C(O)CNC(=O)OCC1c2ccccc2-c2ccccc21. The first kappa shape index (κ1) is 20.3. The Bertz CT molecular complexity index is 1020. The maximum atomic E-state index is 12.2. The van der Waals surface area contributed by atoms with Crippen LogP contribution in [0, 0.1) is 0 Å². The summed E-state index contributed by atoms with van der Waals surface area (Å²) in [5.74, 6) is -0.0559. The smallest absolute Gasteiger partial charge is 0.407 e. The van der Waals surface area contributed by atoms with E-state index in [1.165, 1.54) is 11.3 Å². The fourth-order valence-corrected chi connectivity index (χ4v) is 4.57. The zero-order valence-electron chi connectivity index (χ0n) is 16.0. The van der Waals surface area contributed by atoms with Crippen LogP contribution in [0.25, 0.3) is 11.1 Å². The summed E-state index contributed by atoms with van der Waals surface area (Å²) in [4.78, 5) is 23.5. The van der Waals surface area contributed by atoms with Gasteiger partial charge in [-0.05, 0) is 33.7 Å². The van der Waals surface area contributed by atoms with Gasteiger partial charge in [0.2, 0.25) is 0 Å². The van der Waals surface area contributed by atoms with Gasteiger partial charge in [-0.2, -0.15) is 0 Å². The van der Waals surface area contributed by atoms with Gasteiger partial charge in [0.25, 0.3) is 0 Å². The first-order valence-corrected chi connectivity index (χ1v) is 10.5. The van der Waals surface area contributed by atoms with Gasteiger partial charge in [0.1, 0.15) is 18.8 Å². The number of hydrogen-bond acceptors (Lipinski definition) is 6. The lowest BCUT2D eigenvalue weighted by Gasteiger charge is -2.19. The fourth-order valence-electron chi connectivity index (χ4n) is 3.83. The molecule has 0 aliphatic heterocycles. The van der Waals surface area contributed by atoms with Gasteiger partial charge in [-0.1, -0.05) is 48.5 Å². The van der Waals surface area contributed by atoms with Gasteiger partial charge in [0.15, 0.2) is 6.29 Å². The molecule has 154 valence electrons. The molecule has 3 N–H and O–H groups in total. The third kappa shape index (κ3) is 3.87. The summed E-state index contributed by atoms with van der Waals surface area (Å²) in [5, 5.41) is 24.5. The lowest BCUT2D eigenvalue weighted by Crippen LogP contribution is -2.36. The maximum absolute atomic E-state index is 12.2. The van der Waals surface area contributed by atoms with Crippen LogP contribution < -0.4 is 5.32 Å². The van der Waals surface area contributed by atoms with Gasteiger partial charge >= 0.3 is 6.09 Å². The molecule has 1 heterocycles. The van der Waals surface area contributed by atoms with Crippen molar-refractivity contribution in [1.29, 1.82) is 0 Å². The first-order chi connectivity index (χ1) is 14.6. The van der Waals surface area contributed by atoms with E-state index >= 15 is 0 Å². The Hall–Kier alpha value is -3.00. The zero-order chi connectivity index (χ0) is 21.1. The minimum Gasteiger partial charge on any atom is -0.449 e. The molecule has 0 saturated heterocycles. The number of aldehydes is 1. The van der Waals surface area contributed by atoms with Gasteiger partial charge in [0.05, 0.1) is 4.88 Å². The molecule has 1 aliphatic rings. The summed E-state index contributed by atoms with van der Waals surface area (Å²) >= 11 is 1.18. The summed E-state index contributed by atoms with van der Waals surface area (Å²) in [7, 11) is 0. The second kappa shape index (κ2) is 8.79. The van der Waals surface area contributed by atoms with Crippen molar-refractivity contribution in [2.24, 2.45) is 0 Å². The van der Waals surface area contributed by atoms with Crippen molar-refractivity contribution < 1.29 is 24.5 Å². The van der Waals surface area contributed by atoms with E-state index in [1.54, 1.807) is 11.4 Å². The number of carbonyl (C=O) groups is 2. The summed E-state index contributed by atoms with van der Waals surface area (Å²) in [6.07, 6.45) is -2.58. The van der Waals surface area contributed by atoms with Crippen molar-refractivity contribution in [2.45, 2.75) is 18.1 Å². The Kier molecular flexibility index (Phi) is 5.94. The molecular formula is C23H21NO5S. The van der Waals surface area contributed by atoms with Crippen molar-refractivity contribution in [3.05, 3.63) is 81.5 Å². The van der Waals surface area contributed by atoms with Crippen LogP contribution in [0.2, 0.25) is 0 Å². The topological polar surface area (TPSA) is 95.9 Å². The molecule has 0 bridgehead atoms. The van der Waals surface area contributed by atoms with Crippen LogP contribution >= 0.6 is 11.3 Å². The van der Waals surface area contributed by atoms with E-state index in [4.69, 9.17) is 4.74 Å². The molecule has 4 rings (SSSR count). The zero-order valence-corrected chi connectivity index (χ0v) is 16.8. The lowest BCUT2D eigenvalue weighted by molar-refractivity contribution is 0.0185. The molecule has 30 heavy (non-hydrogen) atoms. The molecule has 1 amide bonds. The molecule has 3 aromatic rings. The number of nitrogens with one attached hydrogen (secondary N) is 1. The lowest BCUT2D eigenvalue weighted by atomic mass is 9.98. The van der Waals surface area contributed by atoms with Crippen molar-refractivity contribution in [3.8, 4) is 11.1 Å². The molecule has 2 unspecified atom stereocenters. The van der Waals surface area contributed by atoms with E-state index in [1.807, 2.05) is 36.4 Å². The Balaban J connectivity index is 1.35. The van der Waals surface area contributed by atoms with Gasteiger partial charge in [0, 0.05) is 18.0 Å². The number of rotatable bonds is 7. The van der Waals surface area contributed by atoms with E-state index in [0.29, 0.717) is 16.7 Å². The van der Waals surface area contributed by atoms with Crippen molar-refractivity contribution >= 4 is 23.7 Å². The standard InChI is InChI=1S/C23H21NO5S/c25-12-21-18(9-10-30-21)22(27)20(26)11-24-23(28)29-13-19-16-7-3-1-5-14(16)15-6-2-4-8-17(15)19/h1-10,12,19-20,22,26-27H,11,13H2,(H,24,28). The van der Waals surface area contributed by atoms with E-state index in [-0.39, 0.29) is 19.1 Å². The summed E-state index contributed by atoms with van der Waals surface area (Å²) in [6, 6.07) is 17.7. The second-order valence-corrected chi connectivity index (χ2v) is 8.02. The predicted molar refractivity (Wildman–Crippen MR) is 114 cm³/mol. The van der Waals surface area contributed by atoms with Crippen LogP contribution in [-0.4, -0.2) is 41.8 Å². The fraction of sp³-hybridized carbons (Fsp3) is 0.217. The van der Waals surface area contributed by atoms with Crippen molar-refractivity contribution in [3.63, 3.8) is 0 Å². The number of fused-ring (bicyclic) bond motifs is 3. The van der Waals surface area contributed by atoms with Crippen LogP contribution in [0.1, 0.15) is 38.4 Å². The Morgan fingerprint density at radius 2 is 1.70 bits per heavy atom. The summed E-state index contributed by atoms with van der Waals surface area (Å²) in [5.41, 5.74) is 4.85. The molecule has 1 aromatic heterocycles. The average molecular weight is 423 g/mol. The van der Waals surface area contributed by atoms with Crippen LogP contribution in [0.5, 0.6) is 0 Å². The minimum atomic E-state index is -1.27. The molecule has 0 spiro atoms. The van der Waals surface area contributed by atoms with Crippen LogP contribution in [0.15, 0.2) is 60.0 Å². The molecule has 1 aliphatic carbocycles. The quantitative estimate of drug-likeness (QED) is 0.506. The highest BCUT2D eigenvalue weighted by Gasteiger charge is 2.29. The van der Waals surface area contributed by atoms with E-state index in [9.17, 15) is 19.8 Å². The number of ether oxygens (including phenoxy) is 1. The number of amides is 1. The molecule has 6 nitrogen and oxygen atoms in total. The monoisotopic (exact) mass is 423 g/mol. The van der Waals surface area contributed by atoms with Crippen LogP contribution in [0.4, 0.5) is 4.79 Å². The Morgan fingerprint density at radius 1 is 1.07 bits per heavy atom. The van der Waals surface area contributed by atoms with Gasteiger partial charge in [-0.15, -0.1) is 11.3 Å². The summed E-state index contributed by atoms with van der Waals surface area (Å²) in [6.45, 7) is -0.0374. The summed E-state index contributed by atoms with van der Waals surface area (Å²) < 4.78 is 5.41. The molecule has 0 radical (unpaired) electrons. The van der Waals surface area contributed by atoms with E-state index in [2.05, 4.69) is 17.4 Å². The molecule has 0 saturated carbocycles. The second-order valence-electron chi connectivity index (χ2n) is 7.08. The molecule has 0 fully saturated rings. The highest BCUT2D eigenvalue weighted by molar-refractivity contribution is 7.11. The highest BCUT2D eigenvalue weighted by Crippen LogP contribution is 2.44. The number of aliphatic hydroxyl groups is 2. The average Bonchev–Trinajstić information content (AvgIpc) is 3.38. The van der Waals surface area contributed by atoms with Gasteiger partial charge in [-0.25, -0.2) is 4.79 Å². The van der Waals surface area contributed by atoms with Crippen molar-refractivity contribution in [2.75, 3.05) is 13.2 Å². The van der Waals surface area contributed by atoms with E-state index in [0.717, 1.165) is 22.3 Å². The molecule has 7 heteroatoms. The molecular weight excluding hydrogens is 402 g/mol. The largest absolute Gasteiger partial charge is 0.449 e. The van der Waals surface area contributed by atoms with Gasteiger partial charge < -0.3 is 20.3 Å². The number of carbonyl (C=O) groups excluding carboxylic acids is 2.